The normalized spacial score (nSPS) is 20.4. The van der Waals surface area contributed by atoms with Crippen molar-refractivity contribution in [1.82, 2.24) is 5.32 Å². The summed E-state index contributed by atoms with van der Waals surface area (Å²) in [4.78, 5) is 10.7. The number of carbonyl (C=O) groups excluding carboxylic acids is 1. The molecule has 5 N–H and O–H groups in total. The Bertz CT molecular complexity index is 192. The molecule has 0 aromatic rings. The molecule has 2 atom stereocenters. The topological polar surface area (TPSA) is 81.1 Å². The van der Waals surface area contributed by atoms with E-state index in [1.165, 1.54) is 19.3 Å². The van der Waals surface area contributed by atoms with Gasteiger partial charge in [0.15, 0.2) is 0 Å². The molecule has 1 rings (SSSR count). The predicted octanol–water partition coefficient (Wildman–Crippen LogP) is -0.0327. The molecule has 82 valence electrons. The third-order valence-corrected chi connectivity index (χ3v) is 2.80. The molecule has 14 heavy (non-hydrogen) atoms. The molecule has 4 heteroatoms. The fraction of sp³-hybridized carbons (Fsp3) is 0.900. The van der Waals surface area contributed by atoms with E-state index in [-0.39, 0.29) is 0 Å². The van der Waals surface area contributed by atoms with Gasteiger partial charge in [-0.1, -0.05) is 19.8 Å². The number of carbonyl (C=O) groups is 1. The average Bonchev–Trinajstić information content (AvgIpc) is 2.95. The second kappa shape index (κ2) is 5.32. The van der Waals surface area contributed by atoms with Gasteiger partial charge in [0.2, 0.25) is 5.91 Å². The van der Waals surface area contributed by atoms with Crippen molar-refractivity contribution in [3.8, 4) is 0 Å². The molecule has 4 nitrogen and oxygen atoms in total. The molecule has 1 saturated carbocycles. The van der Waals surface area contributed by atoms with E-state index in [4.69, 9.17) is 11.5 Å². The fourth-order valence-corrected chi connectivity index (χ4v) is 1.54. The summed E-state index contributed by atoms with van der Waals surface area (Å²) in [5.74, 6) is 0.469. The van der Waals surface area contributed by atoms with E-state index >= 15 is 0 Å². The smallest absolute Gasteiger partial charge is 0.235 e. The lowest BCUT2D eigenvalue weighted by atomic mass is 10.1. The number of nitrogens with two attached hydrogens (primary N) is 2. The van der Waals surface area contributed by atoms with E-state index in [1.54, 1.807) is 0 Å². The van der Waals surface area contributed by atoms with Crippen molar-refractivity contribution in [1.29, 1.82) is 0 Å². The minimum atomic E-state index is -0.553. The largest absolute Gasteiger partial charge is 0.368 e. The molecular formula is C10H21N3O. The maximum absolute atomic E-state index is 10.7. The summed E-state index contributed by atoms with van der Waals surface area (Å²) in [6.45, 7) is 2.65. The molecule has 0 radical (unpaired) electrons. The number of hydrogen-bond acceptors (Lipinski definition) is 3. The van der Waals surface area contributed by atoms with Crippen LogP contribution in [0.5, 0.6) is 0 Å². The molecule has 1 amide bonds. The molecule has 1 fully saturated rings. The van der Waals surface area contributed by atoms with E-state index in [0.717, 1.165) is 12.3 Å². The molecule has 0 bridgehead atoms. The first kappa shape index (κ1) is 11.5. The van der Waals surface area contributed by atoms with Gasteiger partial charge in [0.05, 0.1) is 6.04 Å². The van der Waals surface area contributed by atoms with Gasteiger partial charge in [-0.05, 0) is 18.8 Å². The summed E-state index contributed by atoms with van der Waals surface area (Å²) in [5.41, 5.74) is 10.6. The van der Waals surface area contributed by atoms with E-state index in [0.29, 0.717) is 12.6 Å². The van der Waals surface area contributed by atoms with Crippen molar-refractivity contribution < 1.29 is 4.79 Å². The van der Waals surface area contributed by atoms with Gasteiger partial charge < -0.3 is 16.8 Å². The Kier molecular flexibility index (Phi) is 4.35. The van der Waals surface area contributed by atoms with Crippen molar-refractivity contribution in [2.24, 2.45) is 17.4 Å². The van der Waals surface area contributed by atoms with Crippen molar-refractivity contribution in [3.05, 3.63) is 0 Å². The molecular weight excluding hydrogens is 178 g/mol. The second-order valence-corrected chi connectivity index (χ2v) is 4.20. The van der Waals surface area contributed by atoms with Gasteiger partial charge in [-0.3, -0.25) is 4.79 Å². The second-order valence-electron chi connectivity index (χ2n) is 4.20. The van der Waals surface area contributed by atoms with Crippen molar-refractivity contribution in [2.45, 2.75) is 44.7 Å². The van der Waals surface area contributed by atoms with Crippen LogP contribution in [0.3, 0.4) is 0 Å². The van der Waals surface area contributed by atoms with Crippen LogP contribution in [0.15, 0.2) is 0 Å². The maximum Gasteiger partial charge on any atom is 0.235 e. The van der Waals surface area contributed by atoms with Gasteiger partial charge in [-0.25, -0.2) is 0 Å². The van der Waals surface area contributed by atoms with Crippen molar-refractivity contribution >= 4 is 5.91 Å². The molecule has 1 aliphatic rings. The quantitative estimate of drug-likeness (QED) is 0.538. The highest BCUT2D eigenvalue weighted by molar-refractivity contribution is 5.79. The Labute approximate surface area is 85.4 Å². The molecule has 2 unspecified atom stereocenters. The van der Waals surface area contributed by atoms with Crippen LogP contribution in [-0.4, -0.2) is 24.5 Å². The molecule has 0 spiro atoms. The molecule has 0 aliphatic heterocycles. The van der Waals surface area contributed by atoms with Gasteiger partial charge >= 0.3 is 0 Å². The maximum atomic E-state index is 10.7. The van der Waals surface area contributed by atoms with Crippen LogP contribution >= 0.6 is 0 Å². The first-order chi connectivity index (χ1) is 6.63. The van der Waals surface area contributed by atoms with Crippen molar-refractivity contribution in [3.63, 3.8) is 0 Å². The molecule has 1 aliphatic carbocycles. The Morgan fingerprint density at radius 3 is 2.64 bits per heavy atom. The van der Waals surface area contributed by atoms with E-state index < -0.39 is 11.9 Å². The zero-order chi connectivity index (χ0) is 10.6. The lowest BCUT2D eigenvalue weighted by molar-refractivity contribution is -0.119. The lowest BCUT2D eigenvalue weighted by Crippen LogP contribution is -2.46. The number of hydrogen-bond donors (Lipinski definition) is 3. The first-order valence-electron chi connectivity index (χ1n) is 5.41. The third-order valence-electron chi connectivity index (χ3n) is 2.80. The summed E-state index contributed by atoms with van der Waals surface area (Å²) >= 11 is 0. The minimum Gasteiger partial charge on any atom is -0.368 e. The summed E-state index contributed by atoms with van der Waals surface area (Å²) < 4.78 is 0. The summed E-state index contributed by atoms with van der Waals surface area (Å²) in [6.07, 6.45) is 5.02. The SMILES string of the molecule is CCC(CC1CC1)NCC(N)C(N)=O. The van der Waals surface area contributed by atoms with Gasteiger partial charge in [-0.15, -0.1) is 0 Å². The van der Waals surface area contributed by atoms with Gasteiger partial charge in [-0.2, -0.15) is 0 Å². The average molecular weight is 199 g/mol. The van der Waals surface area contributed by atoms with Crippen LogP contribution in [0.25, 0.3) is 0 Å². The Morgan fingerprint density at radius 1 is 1.57 bits per heavy atom. The zero-order valence-electron chi connectivity index (χ0n) is 8.83. The Hall–Kier alpha value is -0.610. The van der Waals surface area contributed by atoms with Crippen LogP contribution in [0.2, 0.25) is 0 Å². The molecule has 0 saturated heterocycles. The molecule has 0 heterocycles. The highest BCUT2D eigenvalue weighted by atomic mass is 16.1. The third kappa shape index (κ3) is 4.07. The minimum absolute atomic E-state index is 0.432. The summed E-state index contributed by atoms with van der Waals surface area (Å²) in [5, 5.41) is 3.30. The number of primary amides is 1. The van der Waals surface area contributed by atoms with Gasteiger partial charge in [0.25, 0.3) is 0 Å². The summed E-state index contributed by atoms with van der Waals surface area (Å²) in [6, 6.07) is -0.0591. The number of nitrogens with one attached hydrogen (secondary N) is 1. The Balaban J connectivity index is 2.15. The highest BCUT2D eigenvalue weighted by Crippen LogP contribution is 2.33. The van der Waals surface area contributed by atoms with E-state index in [9.17, 15) is 4.79 Å². The predicted molar refractivity (Wildman–Crippen MR) is 56.6 cm³/mol. The van der Waals surface area contributed by atoms with Crippen LogP contribution in [0, 0.1) is 5.92 Å². The molecule has 0 aromatic carbocycles. The number of amides is 1. The monoisotopic (exact) mass is 199 g/mol. The molecule has 0 aromatic heterocycles. The standard InChI is InChI=1S/C10H21N3O/c1-2-8(5-7-3-4-7)13-6-9(11)10(12)14/h7-9,13H,2-6,11H2,1H3,(H2,12,14). The van der Waals surface area contributed by atoms with Crippen LogP contribution in [0.1, 0.15) is 32.6 Å². The van der Waals surface area contributed by atoms with Crippen LogP contribution in [-0.2, 0) is 4.79 Å². The highest BCUT2D eigenvalue weighted by Gasteiger charge is 2.24. The lowest BCUT2D eigenvalue weighted by Gasteiger charge is -2.18. The fourth-order valence-electron chi connectivity index (χ4n) is 1.54. The van der Waals surface area contributed by atoms with Gasteiger partial charge in [0.1, 0.15) is 0 Å². The van der Waals surface area contributed by atoms with E-state index in [2.05, 4.69) is 12.2 Å². The first-order valence-corrected chi connectivity index (χ1v) is 5.41. The van der Waals surface area contributed by atoms with E-state index in [1.807, 2.05) is 0 Å². The number of rotatable bonds is 7. The zero-order valence-corrected chi connectivity index (χ0v) is 8.83. The Morgan fingerprint density at radius 2 is 2.21 bits per heavy atom. The van der Waals surface area contributed by atoms with Crippen molar-refractivity contribution in [2.75, 3.05) is 6.54 Å². The van der Waals surface area contributed by atoms with Crippen LogP contribution < -0.4 is 16.8 Å². The van der Waals surface area contributed by atoms with Crippen LogP contribution in [0.4, 0.5) is 0 Å². The van der Waals surface area contributed by atoms with Gasteiger partial charge in [0, 0.05) is 12.6 Å². The summed E-state index contributed by atoms with van der Waals surface area (Å²) in [7, 11) is 0.